The Balaban J connectivity index is 1.69. The molecule has 2 heterocycles. The van der Waals surface area contributed by atoms with Gasteiger partial charge in [0.15, 0.2) is 0 Å². The van der Waals surface area contributed by atoms with Gasteiger partial charge in [-0.2, -0.15) is 0 Å². The highest BCUT2D eigenvalue weighted by molar-refractivity contribution is 5.94. The number of hydrogen-bond acceptors (Lipinski definition) is 8. The average molecular weight is 544 g/mol. The number of H-pyrrole nitrogens is 1. The molecule has 1 fully saturated rings. The molecule has 0 bridgehead atoms. The van der Waals surface area contributed by atoms with E-state index in [0.29, 0.717) is 24.1 Å². The number of aromatic nitrogens is 2. The predicted octanol–water partition coefficient (Wildman–Crippen LogP) is -1.46. The van der Waals surface area contributed by atoms with Crippen LogP contribution in [0.3, 0.4) is 0 Å². The van der Waals surface area contributed by atoms with Gasteiger partial charge in [-0.25, -0.2) is 9.78 Å². The van der Waals surface area contributed by atoms with Crippen LogP contribution in [0.4, 0.5) is 0 Å². The maximum atomic E-state index is 13.5. The number of carbonyl (C=O) groups is 5. The molecule has 39 heavy (non-hydrogen) atoms. The van der Waals surface area contributed by atoms with Crippen LogP contribution in [-0.4, -0.2) is 85.4 Å². The zero-order valence-electron chi connectivity index (χ0n) is 21.2. The Morgan fingerprint density at radius 1 is 1.10 bits per heavy atom. The monoisotopic (exact) mass is 543 g/mol. The number of aliphatic carboxylic acids is 1. The van der Waals surface area contributed by atoms with Crippen LogP contribution in [0.2, 0.25) is 0 Å². The highest BCUT2D eigenvalue weighted by Gasteiger charge is 2.39. The molecule has 1 aliphatic rings. The standard InChI is InChI=1S/C25H33N7O7/c26-17(11-15-12-28-13-29-15)22(35)30-18(7-8-21(27)34)24(37)32-9-1-2-20(32)23(36)31-19(25(38)39)10-14-3-5-16(33)6-4-14/h3-6,12-13,17-20,33H,1-2,7-11,26H2,(H2,27,34)(H,28,29)(H,30,35)(H,31,36)(H,38,39). The molecule has 1 aromatic heterocycles. The minimum Gasteiger partial charge on any atom is -0.508 e. The molecule has 9 N–H and O–H groups in total. The quantitative estimate of drug-likeness (QED) is 0.156. The molecule has 0 saturated carbocycles. The molecule has 3 rings (SSSR count). The number of nitrogens with two attached hydrogens (primary N) is 2. The molecule has 4 unspecified atom stereocenters. The number of carboxylic acid groups (broad SMARTS) is 1. The van der Waals surface area contributed by atoms with Gasteiger partial charge >= 0.3 is 5.97 Å². The molecule has 0 aliphatic carbocycles. The highest BCUT2D eigenvalue weighted by atomic mass is 16.4. The van der Waals surface area contributed by atoms with Gasteiger partial charge in [-0.05, 0) is 37.0 Å². The Labute approximate surface area is 224 Å². The Morgan fingerprint density at radius 2 is 1.82 bits per heavy atom. The number of phenolic OH excluding ortho intramolecular Hbond substituents is 1. The second-order valence-electron chi connectivity index (χ2n) is 9.41. The molecule has 1 aliphatic heterocycles. The zero-order chi connectivity index (χ0) is 28.5. The van der Waals surface area contributed by atoms with E-state index >= 15 is 0 Å². The summed E-state index contributed by atoms with van der Waals surface area (Å²) in [6.07, 6.45) is 3.54. The van der Waals surface area contributed by atoms with Gasteiger partial charge in [0.25, 0.3) is 0 Å². The Hall–Kier alpha value is -4.46. The van der Waals surface area contributed by atoms with Crippen molar-refractivity contribution in [2.75, 3.05) is 6.54 Å². The Bertz CT molecular complexity index is 1170. The number of hydrogen-bond donors (Lipinski definition) is 7. The van der Waals surface area contributed by atoms with Crippen molar-refractivity contribution in [1.82, 2.24) is 25.5 Å². The number of amides is 4. The van der Waals surface area contributed by atoms with Crippen molar-refractivity contribution in [3.63, 3.8) is 0 Å². The fourth-order valence-corrected chi connectivity index (χ4v) is 4.39. The van der Waals surface area contributed by atoms with E-state index in [9.17, 15) is 34.2 Å². The zero-order valence-corrected chi connectivity index (χ0v) is 21.2. The second-order valence-corrected chi connectivity index (χ2v) is 9.41. The van der Waals surface area contributed by atoms with Crippen molar-refractivity contribution in [2.24, 2.45) is 11.5 Å². The van der Waals surface area contributed by atoms with E-state index in [4.69, 9.17) is 11.5 Å². The Kier molecular flexibility index (Phi) is 9.98. The first kappa shape index (κ1) is 29.1. The van der Waals surface area contributed by atoms with E-state index in [1.807, 2.05) is 0 Å². The lowest BCUT2D eigenvalue weighted by atomic mass is 10.0. The number of nitrogens with one attached hydrogen (secondary N) is 3. The smallest absolute Gasteiger partial charge is 0.326 e. The molecule has 4 amide bonds. The van der Waals surface area contributed by atoms with Crippen LogP contribution >= 0.6 is 0 Å². The third kappa shape index (κ3) is 8.26. The van der Waals surface area contributed by atoms with Crippen LogP contribution in [0.5, 0.6) is 5.75 Å². The van der Waals surface area contributed by atoms with E-state index in [2.05, 4.69) is 20.6 Å². The fourth-order valence-electron chi connectivity index (χ4n) is 4.39. The lowest BCUT2D eigenvalue weighted by Crippen LogP contribution is -2.57. The van der Waals surface area contributed by atoms with Gasteiger partial charge in [0.05, 0.1) is 12.4 Å². The van der Waals surface area contributed by atoms with E-state index in [1.165, 1.54) is 29.6 Å². The van der Waals surface area contributed by atoms with Crippen molar-refractivity contribution < 1.29 is 34.2 Å². The van der Waals surface area contributed by atoms with Crippen LogP contribution in [0.1, 0.15) is 36.9 Å². The Morgan fingerprint density at radius 3 is 2.44 bits per heavy atom. The van der Waals surface area contributed by atoms with E-state index < -0.39 is 53.8 Å². The molecule has 1 saturated heterocycles. The van der Waals surface area contributed by atoms with Crippen LogP contribution < -0.4 is 22.1 Å². The van der Waals surface area contributed by atoms with Crippen molar-refractivity contribution in [2.45, 2.75) is 62.7 Å². The number of phenols is 1. The summed E-state index contributed by atoms with van der Waals surface area (Å²) in [5.41, 5.74) is 12.4. The molecule has 210 valence electrons. The molecule has 2 aromatic rings. The number of benzene rings is 1. The first-order chi connectivity index (χ1) is 18.5. The topological polar surface area (TPSA) is 234 Å². The van der Waals surface area contributed by atoms with E-state index in [-0.39, 0.29) is 38.0 Å². The first-order valence-electron chi connectivity index (χ1n) is 12.5. The van der Waals surface area contributed by atoms with Gasteiger partial charge in [-0.15, -0.1) is 0 Å². The highest BCUT2D eigenvalue weighted by Crippen LogP contribution is 2.20. The molecular formula is C25H33N7O7. The predicted molar refractivity (Wildman–Crippen MR) is 137 cm³/mol. The number of carboxylic acids is 1. The number of imidazole rings is 1. The number of carbonyl (C=O) groups excluding carboxylic acids is 4. The van der Waals surface area contributed by atoms with Gasteiger partial charge in [-0.3, -0.25) is 19.2 Å². The first-order valence-corrected chi connectivity index (χ1v) is 12.5. The summed E-state index contributed by atoms with van der Waals surface area (Å²) in [5, 5.41) is 24.2. The summed E-state index contributed by atoms with van der Waals surface area (Å²) in [4.78, 5) is 70.6. The van der Waals surface area contributed by atoms with Gasteiger partial charge in [0.1, 0.15) is 23.9 Å². The van der Waals surface area contributed by atoms with E-state index in [1.54, 1.807) is 12.1 Å². The number of aromatic hydroxyl groups is 1. The largest absolute Gasteiger partial charge is 0.508 e. The average Bonchev–Trinajstić information content (AvgIpc) is 3.59. The summed E-state index contributed by atoms with van der Waals surface area (Å²) in [7, 11) is 0. The normalized spacial score (nSPS) is 17.2. The third-order valence-electron chi connectivity index (χ3n) is 6.45. The fraction of sp³-hybridized carbons (Fsp3) is 0.440. The van der Waals surface area contributed by atoms with Crippen molar-refractivity contribution in [3.05, 3.63) is 48.0 Å². The van der Waals surface area contributed by atoms with Crippen molar-refractivity contribution in [3.8, 4) is 5.75 Å². The number of primary amides is 1. The van der Waals surface area contributed by atoms with Crippen molar-refractivity contribution in [1.29, 1.82) is 0 Å². The molecular weight excluding hydrogens is 510 g/mol. The van der Waals surface area contributed by atoms with Crippen LogP contribution in [0.25, 0.3) is 0 Å². The summed E-state index contributed by atoms with van der Waals surface area (Å²) >= 11 is 0. The van der Waals surface area contributed by atoms with Crippen LogP contribution in [0.15, 0.2) is 36.8 Å². The van der Waals surface area contributed by atoms with Gasteiger partial charge in [0.2, 0.25) is 23.6 Å². The lowest BCUT2D eigenvalue weighted by Gasteiger charge is -2.30. The number of aromatic amines is 1. The van der Waals surface area contributed by atoms with Gasteiger partial charge in [-0.1, -0.05) is 12.1 Å². The van der Waals surface area contributed by atoms with Crippen LogP contribution in [0, 0.1) is 0 Å². The lowest BCUT2D eigenvalue weighted by molar-refractivity contribution is -0.145. The molecule has 0 spiro atoms. The maximum Gasteiger partial charge on any atom is 0.326 e. The summed E-state index contributed by atoms with van der Waals surface area (Å²) in [6.45, 7) is 0.204. The second kappa shape index (κ2) is 13.4. The minimum absolute atomic E-state index is 0.0232. The molecule has 0 radical (unpaired) electrons. The maximum absolute atomic E-state index is 13.5. The summed E-state index contributed by atoms with van der Waals surface area (Å²) < 4.78 is 0. The SMILES string of the molecule is NC(=O)CCC(NC(=O)C(N)Cc1cnc[nH]1)C(=O)N1CCCC1C(=O)NC(Cc1ccc(O)cc1)C(=O)O. The third-order valence-corrected chi connectivity index (χ3v) is 6.45. The van der Waals surface area contributed by atoms with Gasteiger partial charge in [0, 0.05) is 37.7 Å². The molecule has 14 heteroatoms. The minimum atomic E-state index is -1.27. The summed E-state index contributed by atoms with van der Waals surface area (Å²) in [5.74, 6) is -3.78. The number of likely N-dealkylation sites (tertiary alicyclic amines) is 1. The number of rotatable bonds is 13. The van der Waals surface area contributed by atoms with Crippen molar-refractivity contribution >= 4 is 29.6 Å². The van der Waals surface area contributed by atoms with Crippen LogP contribution in [-0.2, 0) is 36.8 Å². The number of nitrogens with zero attached hydrogens (tertiary/aromatic N) is 2. The molecule has 4 atom stereocenters. The van der Waals surface area contributed by atoms with Gasteiger partial charge < -0.3 is 42.2 Å². The van der Waals surface area contributed by atoms with E-state index in [0.717, 1.165) is 0 Å². The molecule has 1 aromatic carbocycles. The summed E-state index contributed by atoms with van der Waals surface area (Å²) in [6, 6.07) is 1.50. The molecule has 14 nitrogen and oxygen atoms in total.